The summed E-state index contributed by atoms with van der Waals surface area (Å²) < 4.78 is 0. The van der Waals surface area contributed by atoms with E-state index >= 15 is 0 Å². The van der Waals surface area contributed by atoms with E-state index in [4.69, 9.17) is 5.73 Å². The topological polar surface area (TPSA) is 80.5 Å². The van der Waals surface area contributed by atoms with Gasteiger partial charge in [-0.05, 0) is 12.8 Å². The average molecular weight is 175 g/mol. The Balaban J connectivity index is 2.27. The quantitative estimate of drug-likeness (QED) is 0.672. The van der Waals surface area contributed by atoms with Crippen molar-refractivity contribution in [1.82, 2.24) is 19.9 Å². The first-order chi connectivity index (χ1) is 6.34. The van der Waals surface area contributed by atoms with E-state index in [-0.39, 0.29) is 0 Å². The normalized spacial score (nSPS) is 16.6. The summed E-state index contributed by atoms with van der Waals surface area (Å²) in [5.41, 5.74) is 7.16. The molecule has 0 spiro atoms. The second kappa shape index (κ2) is 2.18. The maximum absolute atomic E-state index is 5.74. The molecule has 0 aromatic carbocycles. The molecule has 0 saturated heterocycles. The number of imidazole rings is 1. The lowest BCUT2D eigenvalue weighted by atomic mass is 10.4. The molecule has 0 unspecified atom stereocenters. The fourth-order valence-corrected chi connectivity index (χ4v) is 1.40. The van der Waals surface area contributed by atoms with E-state index in [1.165, 1.54) is 12.8 Å². The van der Waals surface area contributed by atoms with Crippen LogP contribution in [0.3, 0.4) is 0 Å². The smallest absolute Gasteiger partial charge is 0.183 e. The Hall–Kier alpha value is -1.65. The summed E-state index contributed by atoms with van der Waals surface area (Å²) >= 11 is 0. The molecule has 66 valence electrons. The molecule has 1 fully saturated rings. The number of rotatable bonds is 1. The first-order valence-electron chi connectivity index (χ1n) is 4.31. The Labute approximate surface area is 74.4 Å². The largest absolute Gasteiger partial charge is 0.382 e. The van der Waals surface area contributed by atoms with Crippen LogP contribution in [-0.4, -0.2) is 19.9 Å². The lowest BCUT2D eigenvalue weighted by Gasteiger charge is -1.98. The van der Waals surface area contributed by atoms with Crippen LogP contribution in [0, 0.1) is 0 Å². The van der Waals surface area contributed by atoms with Crippen molar-refractivity contribution in [3.05, 3.63) is 12.2 Å². The maximum atomic E-state index is 5.74. The van der Waals surface area contributed by atoms with Gasteiger partial charge in [-0.3, -0.25) is 0 Å². The van der Waals surface area contributed by atoms with Crippen molar-refractivity contribution in [3.8, 4) is 0 Å². The summed E-state index contributed by atoms with van der Waals surface area (Å²) in [6.07, 6.45) is 3.94. The maximum Gasteiger partial charge on any atom is 0.183 e. The Morgan fingerprint density at radius 1 is 1.38 bits per heavy atom. The molecule has 0 atom stereocenters. The molecule has 0 bridgehead atoms. The van der Waals surface area contributed by atoms with Gasteiger partial charge >= 0.3 is 0 Å². The molecule has 1 aliphatic rings. The van der Waals surface area contributed by atoms with Crippen molar-refractivity contribution in [3.63, 3.8) is 0 Å². The second-order valence-electron chi connectivity index (χ2n) is 3.34. The zero-order valence-corrected chi connectivity index (χ0v) is 6.99. The predicted molar refractivity (Wildman–Crippen MR) is 48.1 cm³/mol. The third kappa shape index (κ3) is 0.965. The fraction of sp³-hybridized carbons (Fsp3) is 0.375. The van der Waals surface area contributed by atoms with Gasteiger partial charge in [-0.25, -0.2) is 15.0 Å². The Morgan fingerprint density at radius 2 is 2.23 bits per heavy atom. The van der Waals surface area contributed by atoms with Gasteiger partial charge < -0.3 is 10.7 Å². The van der Waals surface area contributed by atoms with Gasteiger partial charge in [-0.1, -0.05) is 0 Å². The van der Waals surface area contributed by atoms with E-state index in [1.807, 2.05) is 0 Å². The minimum atomic E-state index is 0.504. The van der Waals surface area contributed by atoms with Crippen LogP contribution >= 0.6 is 0 Å². The molecule has 13 heavy (non-hydrogen) atoms. The first-order valence-corrected chi connectivity index (χ1v) is 4.31. The highest BCUT2D eigenvalue weighted by atomic mass is 15.1. The van der Waals surface area contributed by atoms with E-state index < -0.39 is 0 Å². The van der Waals surface area contributed by atoms with Gasteiger partial charge in [0.05, 0.1) is 6.33 Å². The number of nitrogens with zero attached hydrogens (tertiary/aromatic N) is 3. The third-order valence-electron chi connectivity index (χ3n) is 2.27. The van der Waals surface area contributed by atoms with Crippen molar-refractivity contribution >= 4 is 17.0 Å². The molecule has 5 heteroatoms. The van der Waals surface area contributed by atoms with E-state index in [1.54, 1.807) is 6.33 Å². The van der Waals surface area contributed by atoms with Crippen LogP contribution in [0.15, 0.2) is 6.33 Å². The van der Waals surface area contributed by atoms with Crippen molar-refractivity contribution in [2.45, 2.75) is 18.8 Å². The van der Waals surface area contributed by atoms with Crippen LogP contribution in [0.1, 0.15) is 24.6 Å². The van der Waals surface area contributed by atoms with Crippen LogP contribution in [-0.2, 0) is 0 Å². The highest BCUT2D eigenvalue weighted by molar-refractivity contribution is 5.80. The number of aromatic amines is 1. The van der Waals surface area contributed by atoms with Crippen molar-refractivity contribution in [2.75, 3.05) is 5.73 Å². The van der Waals surface area contributed by atoms with Gasteiger partial charge in [-0.2, -0.15) is 0 Å². The number of nitrogens with two attached hydrogens (primary N) is 1. The van der Waals surface area contributed by atoms with Crippen LogP contribution in [0.2, 0.25) is 0 Å². The minimum Gasteiger partial charge on any atom is -0.382 e. The summed E-state index contributed by atoms with van der Waals surface area (Å²) in [6.45, 7) is 0. The molecular weight excluding hydrogens is 166 g/mol. The summed E-state index contributed by atoms with van der Waals surface area (Å²) in [6, 6.07) is 0. The number of nitrogens with one attached hydrogen (secondary N) is 1. The first kappa shape index (κ1) is 6.82. The molecule has 1 aliphatic carbocycles. The second-order valence-corrected chi connectivity index (χ2v) is 3.34. The molecule has 2 aromatic heterocycles. The van der Waals surface area contributed by atoms with Crippen LogP contribution in [0.25, 0.3) is 11.2 Å². The van der Waals surface area contributed by atoms with Gasteiger partial charge in [0.1, 0.15) is 11.3 Å². The van der Waals surface area contributed by atoms with Crippen LogP contribution < -0.4 is 5.73 Å². The number of fused-ring (bicyclic) bond motifs is 1. The molecule has 0 aliphatic heterocycles. The Morgan fingerprint density at radius 3 is 3.00 bits per heavy atom. The van der Waals surface area contributed by atoms with Crippen LogP contribution in [0.4, 0.5) is 5.82 Å². The van der Waals surface area contributed by atoms with Gasteiger partial charge in [0, 0.05) is 5.92 Å². The number of hydrogen-bond donors (Lipinski definition) is 2. The monoisotopic (exact) mass is 175 g/mol. The van der Waals surface area contributed by atoms with Crippen molar-refractivity contribution in [1.29, 1.82) is 0 Å². The van der Waals surface area contributed by atoms with Crippen molar-refractivity contribution in [2.24, 2.45) is 0 Å². The number of anilines is 1. The number of aromatic nitrogens is 4. The molecule has 0 radical (unpaired) electrons. The zero-order valence-electron chi connectivity index (χ0n) is 6.99. The number of nitrogen functional groups attached to an aromatic ring is 1. The SMILES string of the molecule is Nc1nc(C2CC2)nc2nc[nH]c12. The highest BCUT2D eigenvalue weighted by Gasteiger charge is 2.27. The van der Waals surface area contributed by atoms with Gasteiger partial charge in [0.25, 0.3) is 0 Å². The zero-order chi connectivity index (χ0) is 8.84. The fourth-order valence-electron chi connectivity index (χ4n) is 1.40. The molecule has 2 aromatic rings. The van der Waals surface area contributed by atoms with Gasteiger partial charge in [0.15, 0.2) is 11.5 Å². The summed E-state index contributed by atoms with van der Waals surface area (Å²) in [4.78, 5) is 15.5. The standard InChI is InChI=1S/C8H9N5/c9-6-5-8(11-3-10-5)13-7(12-6)4-1-2-4/h3-4H,1-2H2,(H3,9,10,11,12,13). The summed E-state index contributed by atoms with van der Waals surface area (Å²) in [7, 11) is 0. The molecule has 0 amide bonds. The number of hydrogen-bond acceptors (Lipinski definition) is 4. The lowest BCUT2D eigenvalue weighted by molar-refractivity contribution is 0.947. The molecule has 5 nitrogen and oxygen atoms in total. The molecule has 1 saturated carbocycles. The molecule has 2 heterocycles. The van der Waals surface area contributed by atoms with E-state index in [0.717, 1.165) is 11.3 Å². The van der Waals surface area contributed by atoms with Gasteiger partial charge in [0.2, 0.25) is 0 Å². The molecule has 3 N–H and O–H groups in total. The van der Waals surface area contributed by atoms with Crippen LogP contribution in [0.5, 0.6) is 0 Å². The minimum absolute atomic E-state index is 0.504. The van der Waals surface area contributed by atoms with E-state index in [2.05, 4.69) is 19.9 Å². The summed E-state index contributed by atoms with van der Waals surface area (Å²) in [5.74, 6) is 1.87. The highest BCUT2D eigenvalue weighted by Crippen LogP contribution is 2.38. The molecular formula is C8H9N5. The Bertz CT molecular complexity index is 457. The van der Waals surface area contributed by atoms with Gasteiger partial charge in [-0.15, -0.1) is 0 Å². The summed E-state index contributed by atoms with van der Waals surface area (Å²) in [5, 5.41) is 0. The lowest BCUT2D eigenvalue weighted by Crippen LogP contribution is -1.99. The Kier molecular flexibility index (Phi) is 1.15. The number of H-pyrrole nitrogens is 1. The molecule has 3 rings (SSSR count). The van der Waals surface area contributed by atoms with E-state index in [0.29, 0.717) is 17.4 Å². The van der Waals surface area contributed by atoms with Crippen molar-refractivity contribution < 1.29 is 0 Å². The predicted octanol–water partition coefficient (Wildman–Crippen LogP) is 0.812. The average Bonchev–Trinajstić information content (AvgIpc) is 2.85. The third-order valence-corrected chi connectivity index (χ3v) is 2.27. The van der Waals surface area contributed by atoms with E-state index in [9.17, 15) is 0 Å².